The summed E-state index contributed by atoms with van der Waals surface area (Å²) in [6, 6.07) is 16.2. The predicted molar refractivity (Wildman–Crippen MR) is 125 cm³/mol. The van der Waals surface area contributed by atoms with E-state index in [9.17, 15) is 0 Å². The van der Waals surface area contributed by atoms with Crippen LogP contribution in [0.1, 0.15) is 60.4 Å². The van der Waals surface area contributed by atoms with Crippen LogP contribution in [0.15, 0.2) is 48.7 Å². The summed E-state index contributed by atoms with van der Waals surface area (Å²) in [6.07, 6.45) is 15.1. The van der Waals surface area contributed by atoms with E-state index in [0.717, 1.165) is 31.8 Å². The lowest BCUT2D eigenvalue weighted by atomic mass is 9.84. The number of fused-ring (bicyclic) bond motifs is 1. The fraction of sp³-hybridized carbons (Fsp3) is 0.429. The molecule has 1 aliphatic carbocycles. The summed E-state index contributed by atoms with van der Waals surface area (Å²) in [6.45, 7) is 4.39. The van der Waals surface area contributed by atoms with Crippen LogP contribution in [-0.2, 0) is 13.0 Å². The minimum absolute atomic E-state index is 0.447. The second-order valence-electron chi connectivity index (χ2n) is 9.44. The molecule has 5 rings (SSSR count). The Morgan fingerprint density at radius 1 is 1.10 bits per heavy atom. The van der Waals surface area contributed by atoms with E-state index in [1.54, 1.807) is 11.1 Å². The minimum atomic E-state index is 0.447. The summed E-state index contributed by atoms with van der Waals surface area (Å²) < 4.78 is 0. The molecule has 2 aliphatic rings. The maximum atomic E-state index is 5.67. The summed E-state index contributed by atoms with van der Waals surface area (Å²) in [7, 11) is 0. The number of aromatic nitrogens is 1. The minimum Gasteiger partial charge on any atom is -0.361 e. The Kier molecular flexibility index (Phi) is 5.40. The van der Waals surface area contributed by atoms with E-state index in [-0.39, 0.29) is 0 Å². The highest BCUT2D eigenvalue weighted by Gasteiger charge is 2.31. The number of terminal acetylenes is 1. The first-order chi connectivity index (χ1) is 14.7. The van der Waals surface area contributed by atoms with Gasteiger partial charge in [-0.15, -0.1) is 12.3 Å². The number of benzene rings is 2. The lowest BCUT2D eigenvalue weighted by molar-refractivity contribution is 0.106. The van der Waals surface area contributed by atoms with E-state index in [1.807, 2.05) is 0 Å². The fourth-order valence-electron chi connectivity index (χ4n) is 5.40. The highest BCUT2D eigenvalue weighted by atomic mass is 15.2. The first-order valence-electron chi connectivity index (χ1n) is 11.5. The number of nitrogens with one attached hydrogen (secondary N) is 1. The van der Waals surface area contributed by atoms with Crippen LogP contribution in [0.4, 0.5) is 0 Å². The Morgan fingerprint density at radius 3 is 2.70 bits per heavy atom. The second-order valence-corrected chi connectivity index (χ2v) is 9.44. The molecule has 1 saturated heterocycles. The summed E-state index contributed by atoms with van der Waals surface area (Å²) in [4.78, 5) is 6.21. The summed E-state index contributed by atoms with van der Waals surface area (Å²) in [5.74, 6) is 4.44. The van der Waals surface area contributed by atoms with E-state index in [0.29, 0.717) is 12.0 Å². The molecule has 2 aromatic carbocycles. The van der Waals surface area contributed by atoms with Gasteiger partial charge < -0.3 is 4.98 Å². The van der Waals surface area contributed by atoms with E-state index in [2.05, 4.69) is 71.4 Å². The van der Waals surface area contributed by atoms with Crippen LogP contribution in [0.3, 0.4) is 0 Å². The Balaban J connectivity index is 1.50. The largest absolute Gasteiger partial charge is 0.361 e. The molecule has 154 valence electrons. The number of nitrogens with zero attached hydrogens (tertiary/aromatic N) is 1. The smallest absolute Gasteiger partial charge is 0.0487 e. The van der Waals surface area contributed by atoms with Crippen LogP contribution >= 0.6 is 0 Å². The average Bonchev–Trinajstić information content (AvgIpc) is 3.44. The zero-order valence-electron chi connectivity index (χ0n) is 18.0. The van der Waals surface area contributed by atoms with Gasteiger partial charge in [0.2, 0.25) is 0 Å². The third-order valence-corrected chi connectivity index (χ3v) is 7.22. The zero-order valence-corrected chi connectivity index (χ0v) is 18.0. The number of H-pyrrole nitrogens is 1. The first kappa shape index (κ1) is 19.5. The molecule has 1 N–H and O–H groups in total. The number of hydrogen-bond acceptors (Lipinski definition) is 1. The molecule has 30 heavy (non-hydrogen) atoms. The summed E-state index contributed by atoms with van der Waals surface area (Å²) in [5, 5.41) is 1.42. The summed E-state index contributed by atoms with van der Waals surface area (Å²) in [5.41, 5.74) is 7.23. The standard InChI is InChI=1S/C28H32N2/c1-3-7-21-13-15-30(27(18-21)23-8-5-4-6-9-23)19-26-24(17-22-10-11-22)16-20(2)28-25(26)12-14-29-28/h1,4-6,8-9,12,14,16,21-22,27,29H,7,10-11,13,15,17-19H2,2H3. The molecule has 0 spiro atoms. The van der Waals surface area contributed by atoms with Crippen molar-refractivity contribution in [2.45, 2.75) is 58.0 Å². The number of aromatic amines is 1. The maximum Gasteiger partial charge on any atom is 0.0487 e. The number of rotatable bonds is 6. The average molecular weight is 397 g/mol. The molecular formula is C28H32N2. The van der Waals surface area contributed by atoms with Crippen LogP contribution in [0.5, 0.6) is 0 Å². The van der Waals surface area contributed by atoms with Crippen molar-refractivity contribution in [1.29, 1.82) is 0 Å². The van der Waals surface area contributed by atoms with Crippen LogP contribution in [0, 0.1) is 31.1 Å². The van der Waals surface area contributed by atoms with Crippen molar-refractivity contribution in [2.75, 3.05) is 6.54 Å². The molecule has 2 unspecified atom stereocenters. The van der Waals surface area contributed by atoms with Gasteiger partial charge in [-0.3, -0.25) is 4.90 Å². The molecule has 2 heteroatoms. The van der Waals surface area contributed by atoms with Gasteiger partial charge in [0.1, 0.15) is 0 Å². The van der Waals surface area contributed by atoms with Crippen molar-refractivity contribution in [3.63, 3.8) is 0 Å². The molecule has 0 bridgehead atoms. The van der Waals surface area contributed by atoms with Gasteiger partial charge in [-0.05, 0) is 85.7 Å². The topological polar surface area (TPSA) is 19.0 Å². The van der Waals surface area contributed by atoms with Gasteiger partial charge in [0, 0.05) is 36.1 Å². The third kappa shape index (κ3) is 3.92. The maximum absolute atomic E-state index is 5.67. The van der Waals surface area contributed by atoms with E-state index in [4.69, 9.17) is 6.42 Å². The molecule has 1 saturated carbocycles. The Bertz CT molecular complexity index is 1050. The Morgan fingerprint density at radius 2 is 1.93 bits per heavy atom. The van der Waals surface area contributed by atoms with Crippen LogP contribution < -0.4 is 0 Å². The van der Waals surface area contributed by atoms with Crippen molar-refractivity contribution >= 4 is 10.9 Å². The number of piperidine rings is 1. The number of hydrogen-bond donors (Lipinski definition) is 1. The SMILES string of the molecule is C#CCC1CCN(Cc2c(CC3CC3)cc(C)c3[nH]ccc23)C(c2ccccc2)C1. The molecule has 1 aliphatic heterocycles. The fourth-order valence-corrected chi connectivity index (χ4v) is 5.40. The van der Waals surface area contributed by atoms with Gasteiger partial charge in [-0.25, -0.2) is 0 Å². The quantitative estimate of drug-likeness (QED) is 0.477. The van der Waals surface area contributed by atoms with Crippen molar-refractivity contribution in [3.05, 3.63) is 70.9 Å². The van der Waals surface area contributed by atoms with Crippen molar-refractivity contribution in [2.24, 2.45) is 11.8 Å². The van der Waals surface area contributed by atoms with Crippen molar-refractivity contribution in [1.82, 2.24) is 9.88 Å². The lowest BCUT2D eigenvalue weighted by Crippen LogP contribution is -2.36. The zero-order chi connectivity index (χ0) is 20.5. The molecule has 2 atom stereocenters. The predicted octanol–water partition coefficient (Wildman–Crippen LogP) is 6.41. The molecule has 3 aromatic rings. The second kappa shape index (κ2) is 8.32. The summed E-state index contributed by atoms with van der Waals surface area (Å²) >= 11 is 0. The molecule has 1 aromatic heterocycles. The third-order valence-electron chi connectivity index (χ3n) is 7.22. The van der Waals surface area contributed by atoms with Crippen LogP contribution in [0.25, 0.3) is 10.9 Å². The van der Waals surface area contributed by atoms with Crippen LogP contribution in [0.2, 0.25) is 0 Å². The molecule has 2 heterocycles. The van der Waals surface area contributed by atoms with Gasteiger partial charge >= 0.3 is 0 Å². The molecule has 0 radical (unpaired) electrons. The first-order valence-corrected chi connectivity index (χ1v) is 11.5. The van der Waals surface area contributed by atoms with Crippen LogP contribution in [-0.4, -0.2) is 16.4 Å². The molecule has 2 nitrogen and oxygen atoms in total. The van der Waals surface area contributed by atoms with Gasteiger partial charge in [0.05, 0.1) is 0 Å². The molecular weight excluding hydrogens is 364 g/mol. The van der Waals surface area contributed by atoms with E-state index >= 15 is 0 Å². The Hall–Kier alpha value is -2.50. The molecule has 0 amide bonds. The number of likely N-dealkylation sites (tertiary alicyclic amines) is 1. The van der Waals surface area contributed by atoms with Gasteiger partial charge in [0.25, 0.3) is 0 Å². The lowest BCUT2D eigenvalue weighted by Gasteiger charge is -2.40. The van der Waals surface area contributed by atoms with Gasteiger partial charge in [-0.2, -0.15) is 0 Å². The Labute approximate surface area is 180 Å². The van der Waals surface area contributed by atoms with Gasteiger partial charge in [0.15, 0.2) is 0 Å². The normalized spacial score (nSPS) is 22.3. The number of aryl methyl sites for hydroxylation is 1. The highest BCUT2D eigenvalue weighted by Crippen LogP contribution is 2.40. The highest BCUT2D eigenvalue weighted by molar-refractivity contribution is 5.87. The van der Waals surface area contributed by atoms with E-state index < -0.39 is 0 Å². The van der Waals surface area contributed by atoms with Gasteiger partial charge in [-0.1, -0.05) is 36.4 Å². The monoisotopic (exact) mass is 396 g/mol. The van der Waals surface area contributed by atoms with Crippen molar-refractivity contribution < 1.29 is 0 Å². The van der Waals surface area contributed by atoms with Crippen molar-refractivity contribution in [3.8, 4) is 12.3 Å². The van der Waals surface area contributed by atoms with E-state index in [1.165, 1.54) is 47.7 Å². The molecule has 2 fully saturated rings.